The molecule has 1 aliphatic heterocycles. The Bertz CT molecular complexity index is 638. The quantitative estimate of drug-likeness (QED) is 0.917. The van der Waals surface area contributed by atoms with Gasteiger partial charge in [0.15, 0.2) is 5.82 Å². The first-order chi connectivity index (χ1) is 9.63. The van der Waals surface area contributed by atoms with Crippen molar-refractivity contribution in [3.8, 4) is 0 Å². The smallest absolute Gasteiger partial charge is 0.304 e. The number of hydrogen-bond acceptors (Lipinski definition) is 5. The van der Waals surface area contributed by atoms with E-state index in [1.165, 1.54) is 0 Å². The molecule has 20 heavy (non-hydrogen) atoms. The van der Waals surface area contributed by atoms with Crippen LogP contribution in [0.5, 0.6) is 0 Å². The molecule has 0 spiro atoms. The molecule has 3 rings (SSSR count). The van der Waals surface area contributed by atoms with E-state index >= 15 is 0 Å². The highest BCUT2D eigenvalue weighted by molar-refractivity contribution is 5.71. The van der Waals surface area contributed by atoms with Crippen LogP contribution in [0.15, 0.2) is 28.8 Å². The highest BCUT2D eigenvalue weighted by Crippen LogP contribution is 2.38. The topological polar surface area (TPSA) is 79.5 Å². The second-order valence-electron chi connectivity index (χ2n) is 4.97. The number of fused-ring (bicyclic) bond motifs is 1. The minimum Gasteiger partial charge on any atom is -0.481 e. The summed E-state index contributed by atoms with van der Waals surface area (Å²) < 4.78 is 5.14. The minimum absolute atomic E-state index is 0.00715. The molecular weight excluding hydrogens is 258 g/mol. The van der Waals surface area contributed by atoms with Gasteiger partial charge in [0.2, 0.25) is 5.89 Å². The molecule has 0 bridgehead atoms. The summed E-state index contributed by atoms with van der Waals surface area (Å²) >= 11 is 0. The molecule has 1 N–H and O–H groups in total. The molecule has 1 aromatic carbocycles. The number of rotatable bonds is 4. The van der Waals surface area contributed by atoms with Crippen LogP contribution >= 0.6 is 0 Å². The summed E-state index contributed by atoms with van der Waals surface area (Å²) in [7, 11) is 0. The first kappa shape index (κ1) is 12.7. The number of para-hydroxylation sites is 1. The fraction of sp³-hybridized carbons (Fsp3) is 0.357. The van der Waals surface area contributed by atoms with Crippen molar-refractivity contribution in [3.63, 3.8) is 0 Å². The lowest BCUT2D eigenvalue weighted by Gasteiger charge is -2.17. The maximum absolute atomic E-state index is 11.0. The number of nitrogens with zero attached hydrogens (tertiary/aromatic N) is 3. The molecule has 1 aliphatic rings. The van der Waals surface area contributed by atoms with Gasteiger partial charge in [-0.1, -0.05) is 23.4 Å². The number of benzene rings is 1. The number of carboxylic acid groups (broad SMARTS) is 1. The lowest BCUT2D eigenvalue weighted by Crippen LogP contribution is -2.22. The van der Waals surface area contributed by atoms with Gasteiger partial charge in [0.05, 0.1) is 13.0 Å². The molecule has 0 radical (unpaired) electrons. The molecule has 1 atom stereocenters. The number of aromatic nitrogens is 2. The fourth-order valence-electron chi connectivity index (χ4n) is 2.69. The summed E-state index contributed by atoms with van der Waals surface area (Å²) in [5.41, 5.74) is 2.13. The molecular formula is C14H15N3O3. The summed E-state index contributed by atoms with van der Waals surface area (Å²) in [4.78, 5) is 17.3. The van der Waals surface area contributed by atoms with Crippen LogP contribution < -0.4 is 4.90 Å². The molecule has 0 saturated carbocycles. The van der Waals surface area contributed by atoms with Crippen LogP contribution in [0.3, 0.4) is 0 Å². The maximum atomic E-state index is 11.0. The van der Waals surface area contributed by atoms with Crippen molar-refractivity contribution in [1.29, 1.82) is 0 Å². The predicted molar refractivity (Wildman–Crippen MR) is 71.5 cm³/mol. The monoisotopic (exact) mass is 273 g/mol. The molecule has 104 valence electrons. The Balaban J connectivity index is 1.84. The third-order valence-corrected chi connectivity index (χ3v) is 3.47. The van der Waals surface area contributed by atoms with Gasteiger partial charge in [0.25, 0.3) is 0 Å². The Morgan fingerprint density at radius 1 is 1.50 bits per heavy atom. The van der Waals surface area contributed by atoms with E-state index in [-0.39, 0.29) is 12.3 Å². The van der Waals surface area contributed by atoms with Crippen LogP contribution in [-0.2, 0) is 11.3 Å². The van der Waals surface area contributed by atoms with Crippen molar-refractivity contribution >= 4 is 11.7 Å². The number of hydrogen-bond donors (Lipinski definition) is 1. The summed E-state index contributed by atoms with van der Waals surface area (Å²) in [5, 5.41) is 12.8. The Hall–Kier alpha value is -2.37. The first-order valence-corrected chi connectivity index (χ1v) is 6.48. The average Bonchev–Trinajstić information content (AvgIpc) is 2.95. The molecule has 0 fully saturated rings. The van der Waals surface area contributed by atoms with E-state index in [4.69, 9.17) is 9.63 Å². The number of carbonyl (C=O) groups is 1. The van der Waals surface area contributed by atoms with Crippen LogP contribution in [0.25, 0.3) is 0 Å². The molecule has 2 heterocycles. The highest BCUT2D eigenvalue weighted by atomic mass is 16.5. The van der Waals surface area contributed by atoms with Crippen LogP contribution in [0, 0.1) is 6.92 Å². The van der Waals surface area contributed by atoms with Crippen LogP contribution in [0.2, 0.25) is 0 Å². The normalized spacial score (nSPS) is 17.2. The van der Waals surface area contributed by atoms with Crippen molar-refractivity contribution in [2.75, 3.05) is 11.4 Å². The van der Waals surface area contributed by atoms with E-state index in [1.807, 2.05) is 24.3 Å². The molecule has 6 nitrogen and oxygen atoms in total. The minimum atomic E-state index is -0.778. The molecule has 0 amide bonds. The Morgan fingerprint density at radius 3 is 3.00 bits per heavy atom. The van der Waals surface area contributed by atoms with E-state index < -0.39 is 5.97 Å². The maximum Gasteiger partial charge on any atom is 0.304 e. The van der Waals surface area contributed by atoms with Gasteiger partial charge in [-0.05, 0) is 18.6 Å². The summed E-state index contributed by atoms with van der Waals surface area (Å²) in [6.45, 7) is 2.94. The van der Waals surface area contributed by atoms with E-state index in [1.54, 1.807) is 6.92 Å². The summed E-state index contributed by atoms with van der Waals surface area (Å²) in [5.74, 6) is 0.385. The number of anilines is 1. The highest BCUT2D eigenvalue weighted by Gasteiger charge is 2.30. The molecule has 1 unspecified atom stereocenters. The number of aryl methyl sites for hydroxylation is 1. The average molecular weight is 273 g/mol. The van der Waals surface area contributed by atoms with Gasteiger partial charge >= 0.3 is 5.97 Å². The van der Waals surface area contributed by atoms with Gasteiger partial charge in [-0.3, -0.25) is 4.79 Å². The fourth-order valence-corrected chi connectivity index (χ4v) is 2.69. The zero-order chi connectivity index (χ0) is 14.1. The zero-order valence-corrected chi connectivity index (χ0v) is 11.1. The van der Waals surface area contributed by atoms with Gasteiger partial charge in [0.1, 0.15) is 0 Å². The summed E-state index contributed by atoms with van der Waals surface area (Å²) in [6, 6.07) is 7.88. The van der Waals surface area contributed by atoms with E-state index in [2.05, 4.69) is 15.0 Å². The number of carboxylic acids is 1. The third kappa shape index (κ3) is 2.36. The van der Waals surface area contributed by atoms with Gasteiger partial charge in [-0.15, -0.1) is 0 Å². The van der Waals surface area contributed by atoms with Gasteiger partial charge in [0, 0.05) is 18.2 Å². The largest absolute Gasteiger partial charge is 0.481 e. The summed E-state index contributed by atoms with van der Waals surface area (Å²) in [6.07, 6.45) is 0.135. The second kappa shape index (κ2) is 4.96. The van der Waals surface area contributed by atoms with Crippen LogP contribution in [0.1, 0.15) is 29.6 Å². The molecule has 0 aliphatic carbocycles. The Labute approximate surface area is 116 Å². The standard InChI is InChI=1S/C14H15N3O3/c1-9-15-13(20-16-9)8-17-7-10(6-14(18)19)11-4-2-3-5-12(11)17/h2-5,10H,6-8H2,1H3,(H,18,19). The zero-order valence-electron chi connectivity index (χ0n) is 11.1. The van der Waals surface area contributed by atoms with Gasteiger partial charge in [-0.2, -0.15) is 4.98 Å². The lowest BCUT2D eigenvalue weighted by molar-refractivity contribution is -0.137. The lowest BCUT2D eigenvalue weighted by atomic mass is 9.98. The SMILES string of the molecule is Cc1noc(CN2CC(CC(=O)O)c3ccccc32)n1. The van der Waals surface area contributed by atoms with Crippen molar-refractivity contribution in [1.82, 2.24) is 10.1 Å². The molecule has 1 aromatic heterocycles. The predicted octanol–water partition coefficient (Wildman–Crippen LogP) is 1.96. The van der Waals surface area contributed by atoms with E-state index in [0.717, 1.165) is 11.3 Å². The van der Waals surface area contributed by atoms with E-state index in [0.29, 0.717) is 24.8 Å². The number of aliphatic carboxylic acids is 1. The van der Waals surface area contributed by atoms with Gasteiger partial charge < -0.3 is 14.5 Å². The van der Waals surface area contributed by atoms with Crippen molar-refractivity contribution in [3.05, 3.63) is 41.5 Å². The van der Waals surface area contributed by atoms with Crippen molar-refractivity contribution in [2.24, 2.45) is 0 Å². The second-order valence-corrected chi connectivity index (χ2v) is 4.97. The van der Waals surface area contributed by atoms with Crippen LogP contribution in [-0.4, -0.2) is 27.8 Å². The van der Waals surface area contributed by atoms with Crippen molar-refractivity contribution in [2.45, 2.75) is 25.8 Å². The van der Waals surface area contributed by atoms with Gasteiger partial charge in [-0.25, -0.2) is 0 Å². The third-order valence-electron chi connectivity index (χ3n) is 3.47. The molecule has 2 aromatic rings. The van der Waals surface area contributed by atoms with Crippen LogP contribution in [0.4, 0.5) is 5.69 Å². The van der Waals surface area contributed by atoms with E-state index in [9.17, 15) is 4.79 Å². The van der Waals surface area contributed by atoms with Crippen molar-refractivity contribution < 1.29 is 14.4 Å². The Kier molecular flexibility index (Phi) is 3.14. The molecule has 0 saturated heterocycles. The molecule has 6 heteroatoms. The Morgan fingerprint density at radius 2 is 2.30 bits per heavy atom. The first-order valence-electron chi connectivity index (χ1n) is 6.48.